The van der Waals surface area contributed by atoms with E-state index in [1.807, 2.05) is 12.1 Å². The van der Waals surface area contributed by atoms with Crippen molar-refractivity contribution >= 4 is 44.5 Å². The Balaban J connectivity index is 2.17. The molecule has 2 N–H and O–H groups in total. The van der Waals surface area contributed by atoms with E-state index in [2.05, 4.69) is 20.9 Å². The first kappa shape index (κ1) is 13.1. The maximum absolute atomic E-state index is 11.2. The summed E-state index contributed by atoms with van der Waals surface area (Å²) in [4.78, 5) is 15.5. The summed E-state index contributed by atoms with van der Waals surface area (Å²) in [7, 11) is 0. The third-order valence-electron chi connectivity index (χ3n) is 2.83. The number of nitrogens with two attached hydrogens (primary N) is 1. The third kappa shape index (κ3) is 2.30. The van der Waals surface area contributed by atoms with Crippen molar-refractivity contribution in [3.05, 3.63) is 51.5 Å². The molecule has 0 atom stereocenters. The van der Waals surface area contributed by atoms with Gasteiger partial charge in [-0.3, -0.25) is 4.79 Å². The molecular formula is C14H8BrClN2O2. The van der Waals surface area contributed by atoms with Crippen LogP contribution in [0.5, 0.6) is 0 Å². The number of hydrogen-bond acceptors (Lipinski definition) is 3. The molecule has 0 saturated carbocycles. The Kier molecular flexibility index (Phi) is 3.23. The van der Waals surface area contributed by atoms with Gasteiger partial charge in [-0.15, -0.1) is 0 Å². The molecule has 0 aliphatic rings. The average Bonchev–Trinajstić information content (AvgIpc) is 2.83. The summed E-state index contributed by atoms with van der Waals surface area (Å²) >= 11 is 9.52. The first-order chi connectivity index (χ1) is 9.54. The Bertz CT molecular complexity index is 829. The van der Waals surface area contributed by atoms with Crippen molar-refractivity contribution in [2.24, 2.45) is 5.73 Å². The van der Waals surface area contributed by atoms with Crippen LogP contribution in [0, 0.1) is 0 Å². The van der Waals surface area contributed by atoms with E-state index in [0.717, 1.165) is 4.47 Å². The van der Waals surface area contributed by atoms with Crippen molar-refractivity contribution < 1.29 is 9.21 Å². The third-order valence-corrected chi connectivity index (χ3v) is 3.65. The summed E-state index contributed by atoms with van der Waals surface area (Å²) in [5.74, 6) is -0.107. The van der Waals surface area contributed by atoms with Crippen LogP contribution in [-0.2, 0) is 0 Å². The van der Waals surface area contributed by atoms with Gasteiger partial charge in [0.05, 0.1) is 10.6 Å². The molecule has 0 aliphatic carbocycles. The monoisotopic (exact) mass is 350 g/mol. The van der Waals surface area contributed by atoms with Crippen molar-refractivity contribution in [3.63, 3.8) is 0 Å². The number of rotatable bonds is 2. The van der Waals surface area contributed by atoms with E-state index in [1.54, 1.807) is 24.3 Å². The molecule has 2 aromatic carbocycles. The van der Waals surface area contributed by atoms with E-state index < -0.39 is 5.91 Å². The first-order valence-electron chi connectivity index (χ1n) is 5.70. The molecule has 1 aromatic heterocycles. The number of carbonyl (C=O) groups is 1. The van der Waals surface area contributed by atoms with Gasteiger partial charge in [-0.2, -0.15) is 0 Å². The zero-order valence-electron chi connectivity index (χ0n) is 10.1. The Labute approximate surface area is 127 Å². The zero-order valence-corrected chi connectivity index (χ0v) is 12.4. The van der Waals surface area contributed by atoms with Gasteiger partial charge in [0.1, 0.15) is 5.52 Å². The molecule has 0 bridgehead atoms. The molecule has 0 unspecified atom stereocenters. The van der Waals surface area contributed by atoms with E-state index in [1.165, 1.54) is 0 Å². The lowest BCUT2D eigenvalue weighted by atomic mass is 10.2. The number of benzene rings is 2. The summed E-state index contributed by atoms with van der Waals surface area (Å²) in [6.07, 6.45) is 0. The molecule has 100 valence electrons. The lowest BCUT2D eigenvalue weighted by Gasteiger charge is -1.99. The Morgan fingerprint density at radius 3 is 2.80 bits per heavy atom. The maximum Gasteiger partial charge on any atom is 0.248 e. The average molecular weight is 352 g/mol. The van der Waals surface area contributed by atoms with Crippen LogP contribution >= 0.6 is 27.5 Å². The van der Waals surface area contributed by atoms with Crippen LogP contribution in [0.2, 0.25) is 5.02 Å². The molecule has 20 heavy (non-hydrogen) atoms. The maximum atomic E-state index is 11.2. The van der Waals surface area contributed by atoms with E-state index in [0.29, 0.717) is 33.1 Å². The fourth-order valence-corrected chi connectivity index (χ4v) is 2.42. The van der Waals surface area contributed by atoms with Gasteiger partial charge in [-0.1, -0.05) is 27.5 Å². The molecule has 4 nitrogen and oxygen atoms in total. The van der Waals surface area contributed by atoms with Crippen LogP contribution in [0.15, 0.2) is 45.3 Å². The smallest absolute Gasteiger partial charge is 0.248 e. The van der Waals surface area contributed by atoms with Crippen LogP contribution in [0.1, 0.15) is 10.4 Å². The van der Waals surface area contributed by atoms with Gasteiger partial charge in [-0.25, -0.2) is 4.98 Å². The van der Waals surface area contributed by atoms with Gasteiger partial charge in [0, 0.05) is 10.0 Å². The van der Waals surface area contributed by atoms with Crippen LogP contribution in [0.4, 0.5) is 0 Å². The number of fused-ring (bicyclic) bond motifs is 1. The molecule has 0 aliphatic heterocycles. The zero-order chi connectivity index (χ0) is 14.3. The topological polar surface area (TPSA) is 69.1 Å². The van der Waals surface area contributed by atoms with E-state index in [-0.39, 0.29) is 0 Å². The number of nitrogens with zero attached hydrogens (tertiary/aromatic N) is 1. The van der Waals surface area contributed by atoms with E-state index >= 15 is 0 Å². The summed E-state index contributed by atoms with van der Waals surface area (Å²) in [6.45, 7) is 0. The summed E-state index contributed by atoms with van der Waals surface area (Å²) < 4.78 is 6.53. The molecule has 0 spiro atoms. The second-order valence-electron chi connectivity index (χ2n) is 4.19. The second kappa shape index (κ2) is 4.92. The predicted molar refractivity (Wildman–Crippen MR) is 80.7 cm³/mol. The highest BCUT2D eigenvalue weighted by molar-refractivity contribution is 9.10. The lowest BCUT2D eigenvalue weighted by molar-refractivity contribution is 0.100. The van der Waals surface area contributed by atoms with Crippen molar-refractivity contribution in [2.75, 3.05) is 0 Å². The van der Waals surface area contributed by atoms with Gasteiger partial charge in [0.2, 0.25) is 11.8 Å². The predicted octanol–water partition coefficient (Wildman–Crippen LogP) is 4.01. The minimum atomic E-state index is -0.503. The number of hydrogen-bond donors (Lipinski definition) is 1. The summed E-state index contributed by atoms with van der Waals surface area (Å²) in [6, 6.07) is 10.3. The molecule has 0 fully saturated rings. The number of halogens is 2. The Morgan fingerprint density at radius 2 is 2.05 bits per heavy atom. The Morgan fingerprint density at radius 1 is 1.25 bits per heavy atom. The van der Waals surface area contributed by atoms with Gasteiger partial charge < -0.3 is 10.2 Å². The molecule has 0 saturated heterocycles. The van der Waals surface area contributed by atoms with Crippen molar-refractivity contribution in [2.45, 2.75) is 0 Å². The molecule has 3 aromatic rings. The molecular weight excluding hydrogens is 344 g/mol. The fourth-order valence-electron chi connectivity index (χ4n) is 1.86. The summed E-state index contributed by atoms with van der Waals surface area (Å²) in [5, 5.41) is 0.537. The van der Waals surface area contributed by atoms with Crippen molar-refractivity contribution in [1.82, 2.24) is 4.98 Å². The van der Waals surface area contributed by atoms with Crippen molar-refractivity contribution in [3.8, 4) is 11.5 Å². The SMILES string of the molecule is NC(=O)c1ccc2oc(-c3cc(Br)ccc3Cl)nc2c1. The fraction of sp³-hybridized carbons (Fsp3) is 0. The standard InChI is InChI=1S/C14H8BrClN2O2/c15-8-2-3-10(16)9(6-8)14-18-11-5-7(13(17)19)1-4-12(11)20-14/h1-6H,(H2,17,19). The van der Waals surface area contributed by atoms with Crippen LogP contribution in [-0.4, -0.2) is 10.9 Å². The number of amides is 1. The van der Waals surface area contributed by atoms with Crippen LogP contribution in [0.3, 0.4) is 0 Å². The number of aromatic nitrogens is 1. The van der Waals surface area contributed by atoms with Crippen molar-refractivity contribution in [1.29, 1.82) is 0 Å². The molecule has 0 radical (unpaired) electrons. The number of oxazole rings is 1. The lowest BCUT2D eigenvalue weighted by Crippen LogP contribution is -2.10. The highest BCUT2D eigenvalue weighted by Gasteiger charge is 2.13. The minimum Gasteiger partial charge on any atom is -0.436 e. The highest BCUT2D eigenvalue weighted by Crippen LogP contribution is 2.32. The van der Waals surface area contributed by atoms with Crippen LogP contribution in [0.25, 0.3) is 22.6 Å². The normalized spacial score (nSPS) is 10.9. The molecule has 3 rings (SSSR count). The van der Waals surface area contributed by atoms with Gasteiger partial charge >= 0.3 is 0 Å². The van der Waals surface area contributed by atoms with Gasteiger partial charge in [0.15, 0.2) is 5.58 Å². The van der Waals surface area contributed by atoms with E-state index in [9.17, 15) is 4.79 Å². The Hall–Kier alpha value is -1.85. The minimum absolute atomic E-state index is 0.387. The highest BCUT2D eigenvalue weighted by atomic mass is 79.9. The van der Waals surface area contributed by atoms with Gasteiger partial charge in [0.25, 0.3) is 0 Å². The first-order valence-corrected chi connectivity index (χ1v) is 6.87. The molecule has 1 amide bonds. The summed E-state index contributed by atoms with van der Waals surface area (Å²) in [5.41, 5.74) is 7.44. The van der Waals surface area contributed by atoms with E-state index in [4.69, 9.17) is 21.8 Å². The van der Waals surface area contributed by atoms with Gasteiger partial charge in [-0.05, 0) is 36.4 Å². The number of carbonyl (C=O) groups excluding carboxylic acids is 1. The molecule has 6 heteroatoms. The van der Waals surface area contributed by atoms with Crippen LogP contribution < -0.4 is 5.73 Å². The molecule has 1 heterocycles. The largest absolute Gasteiger partial charge is 0.436 e. The second-order valence-corrected chi connectivity index (χ2v) is 5.51. The number of primary amides is 1. The quantitative estimate of drug-likeness (QED) is 0.758.